The zero-order valence-corrected chi connectivity index (χ0v) is 8.75. The predicted octanol–water partition coefficient (Wildman–Crippen LogP) is 0.671. The molecule has 2 rings (SSSR count). The van der Waals surface area contributed by atoms with E-state index in [0.717, 1.165) is 24.7 Å². The molecule has 0 amide bonds. The lowest BCUT2D eigenvalue weighted by Gasteiger charge is -2.22. The molecule has 0 radical (unpaired) electrons. The van der Waals surface area contributed by atoms with E-state index in [2.05, 4.69) is 20.8 Å². The summed E-state index contributed by atoms with van der Waals surface area (Å²) in [5.74, 6) is 1.86. The Balaban J connectivity index is 2.18. The quantitative estimate of drug-likeness (QED) is 0.728. The molecule has 0 bridgehead atoms. The molecule has 78 valence electrons. The first kappa shape index (κ1) is 9.45. The van der Waals surface area contributed by atoms with Crippen molar-refractivity contribution in [3.8, 4) is 0 Å². The fraction of sp³-hybridized carbons (Fsp3) is 0.778. The summed E-state index contributed by atoms with van der Waals surface area (Å²) < 4.78 is 2.02. The molecule has 1 aliphatic rings. The van der Waals surface area contributed by atoms with Crippen molar-refractivity contribution in [1.29, 1.82) is 0 Å². The molecule has 5 heteroatoms. The molecule has 0 unspecified atom stereocenters. The monoisotopic (exact) mass is 195 g/mol. The molecule has 2 heterocycles. The van der Waals surface area contributed by atoms with Crippen LogP contribution in [0.5, 0.6) is 0 Å². The van der Waals surface area contributed by atoms with Crippen molar-refractivity contribution < 1.29 is 0 Å². The Morgan fingerprint density at radius 2 is 2.29 bits per heavy atom. The van der Waals surface area contributed by atoms with Crippen LogP contribution in [0.25, 0.3) is 0 Å². The van der Waals surface area contributed by atoms with Gasteiger partial charge in [0.15, 0.2) is 5.82 Å². The number of piperidine rings is 1. The van der Waals surface area contributed by atoms with Gasteiger partial charge in [0, 0.05) is 14.1 Å². The molecule has 14 heavy (non-hydrogen) atoms. The maximum absolute atomic E-state index is 4.20. The van der Waals surface area contributed by atoms with Crippen LogP contribution in [0.15, 0.2) is 0 Å². The van der Waals surface area contributed by atoms with Gasteiger partial charge in [0.25, 0.3) is 0 Å². The number of nitrogens with one attached hydrogen (secondary N) is 2. The van der Waals surface area contributed by atoms with Gasteiger partial charge in [-0.15, -0.1) is 10.2 Å². The molecule has 1 fully saturated rings. The number of rotatable bonds is 2. The topological polar surface area (TPSA) is 54.8 Å². The number of anilines is 1. The summed E-state index contributed by atoms with van der Waals surface area (Å²) in [5, 5.41) is 14.7. The third kappa shape index (κ3) is 1.59. The minimum Gasteiger partial charge on any atom is -0.357 e. The lowest BCUT2D eigenvalue weighted by atomic mass is 10.0. The van der Waals surface area contributed by atoms with Crippen molar-refractivity contribution in [3.63, 3.8) is 0 Å². The maximum atomic E-state index is 4.20. The smallest absolute Gasteiger partial charge is 0.224 e. The van der Waals surface area contributed by atoms with Gasteiger partial charge in [0.05, 0.1) is 6.04 Å². The summed E-state index contributed by atoms with van der Waals surface area (Å²) in [6.07, 6.45) is 3.71. The van der Waals surface area contributed by atoms with Crippen LogP contribution in [0.1, 0.15) is 31.1 Å². The second kappa shape index (κ2) is 3.96. The normalized spacial score (nSPS) is 22.3. The second-order valence-electron chi connectivity index (χ2n) is 3.69. The van der Waals surface area contributed by atoms with Crippen LogP contribution in [0.2, 0.25) is 0 Å². The molecule has 0 spiro atoms. The highest BCUT2D eigenvalue weighted by Crippen LogP contribution is 2.22. The van der Waals surface area contributed by atoms with E-state index in [1.807, 2.05) is 18.7 Å². The van der Waals surface area contributed by atoms with E-state index < -0.39 is 0 Å². The van der Waals surface area contributed by atoms with Gasteiger partial charge in [-0.2, -0.15) is 0 Å². The summed E-state index contributed by atoms with van der Waals surface area (Å²) in [4.78, 5) is 0. The summed E-state index contributed by atoms with van der Waals surface area (Å²) in [7, 11) is 3.86. The third-order valence-corrected chi connectivity index (χ3v) is 2.75. The third-order valence-electron chi connectivity index (χ3n) is 2.75. The fourth-order valence-electron chi connectivity index (χ4n) is 1.93. The molecule has 0 aliphatic carbocycles. The highest BCUT2D eigenvalue weighted by Gasteiger charge is 2.20. The summed E-state index contributed by atoms with van der Waals surface area (Å²) in [6, 6.07) is 0.378. The maximum Gasteiger partial charge on any atom is 0.224 e. The van der Waals surface area contributed by atoms with Gasteiger partial charge in [0.1, 0.15) is 0 Å². The standard InChI is InChI=1S/C9H17N5/c1-10-9-13-12-8(14(9)2)7-5-3-4-6-11-7/h7,11H,3-6H2,1-2H3,(H,10,13)/t7-/m1/s1. The number of aromatic nitrogens is 3. The average Bonchev–Trinajstić information content (AvgIpc) is 2.61. The first-order valence-electron chi connectivity index (χ1n) is 5.13. The van der Waals surface area contributed by atoms with Crippen molar-refractivity contribution in [2.24, 2.45) is 7.05 Å². The van der Waals surface area contributed by atoms with Gasteiger partial charge >= 0.3 is 0 Å². The van der Waals surface area contributed by atoms with Gasteiger partial charge in [-0.25, -0.2) is 0 Å². The largest absolute Gasteiger partial charge is 0.357 e. The van der Waals surface area contributed by atoms with E-state index in [0.29, 0.717) is 6.04 Å². The zero-order chi connectivity index (χ0) is 9.97. The molecule has 1 atom stereocenters. The highest BCUT2D eigenvalue weighted by atomic mass is 15.3. The molecule has 1 aromatic heterocycles. The van der Waals surface area contributed by atoms with Crippen molar-refractivity contribution in [2.45, 2.75) is 25.3 Å². The van der Waals surface area contributed by atoms with Crippen LogP contribution in [0, 0.1) is 0 Å². The molecule has 0 saturated carbocycles. The van der Waals surface area contributed by atoms with Crippen LogP contribution < -0.4 is 10.6 Å². The van der Waals surface area contributed by atoms with E-state index in [9.17, 15) is 0 Å². The van der Waals surface area contributed by atoms with Gasteiger partial charge in [-0.3, -0.25) is 4.57 Å². The molecular formula is C9H17N5. The molecule has 2 N–H and O–H groups in total. The number of nitrogens with zero attached hydrogens (tertiary/aromatic N) is 3. The van der Waals surface area contributed by atoms with Crippen molar-refractivity contribution in [2.75, 3.05) is 18.9 Å². The molecule has 5 nitrogen and oxygen atoms in total. The average molecular weight is 195 g/mol. The Kier molecular flexibility index (Phi) is 2.67. The SMILES string of the molecule is CNc1nnc([C@H]2CCCCN2)n1C. The fourth-order valence-corrected chi connectivity index (χ4v) is 1.93. The Morgan fingerprint density at radius 1 is 1.43 bits per heavy atom. The molecule has 1 saturated heterocycles. The lowest BCUT2D eigenvalue weighted by Crippen LogP contribution is -2.29. The van der Waals surface area contributed by atoms with Gasteiger partial charge in [-0.1, -0.05) is 6.42 Å². The number of hydrogen-bond acceptors (Lipinski definition) is 4. The first-order valence-corrected chi connectivity index (χ1v) is 5.13. The minimum atomic E-state index is 0.378. The van der Waals surface area contributed by atoms with E-state index >= 15 is 0 Å². The van der Waals surface area contributed by atoms with E-state index in [1.165, 1.54) is 12.8 Å². The Hall–Kier alpha value is -1.10. The van der Waals surface area contributed by atoms with Gasteiger partial charge in [-0.05, 0) is 19.4 Å². The summed E-state index contributed by atoms with van der Waals surface area (Å²) in [6.45, 7) is 1.09. The minimum absolute atomic E-state index is 0.378. The van der Waals surface area contributed by atoms with Crippen molar-refractivity contribution in [3.05, 3.63) is 5.82 Å². The summed E-state index contributed by atoms with van der Waals surface area (Å²) in [5.41, 5.74) is 0. The van der Waals surface area contributed by atoms with E-state index in [1.54, 1.807) is 0 Å². The Bertz CT molecular complexity index is 300. The van der Waals surface area contributed by atoms with Gasteiger partial charge in [0.2, 0.25) is 5.95 Å². The van der Waals surface area contributed by atoms with Crippen molar-refractivity contribution >= 4 is 5.95 Å². The zero-order valence-electron chi connectivity index (χ0n) is 8.75. The molecule has 1 aromatic rings. The second-order valence-corrected chi connectivity index (χ2v) is 3.69. The van der Waals surface area contributed by atoms with E-state index in [-0.39, 0.29) is 0 Å². The molecule has 1 aliphatic heterocycles. The van der Waals surface area contributed by atoms with Crippen molar-refractivity contribution in [1.82, 2.24) is 20.1 Å². The summed E-state index contributed by atoms with van der Waals surface area (Å²) >= 11 is 0. The Morgan fingerprint density at radius 3 is 2.86 bits per heavy atom. The number of hydrogen-bond donors (Lipinski definition) is 2. The predicted molar refractivity (Wildman–Crippen MR) is 55.1 cm³/mol. The Labute approximate surface area is 83.9 Å². The van der Waals surface area contributed by atoms with Crippen LogP contribution >= 0.6 is 0 Å². The van der Waals surface area contributed by atoms with Crippen LogP contribution in [-0.4, -0.2) is 28.4 Å². The van der Waals surface area contributed by atoms with E-state index in [4.69, 9.17) is 0 Å². The molecular weight excluding hydrogens is 178 g/mol. The lowest BCUT2D eigenvalue weighted by molar-refractivity contribution is 0.390. The highest BCUT2D eigenvalue weighted by molar-refractivity contribution is 5.24. The van der Waals surface area contributed by atoms with Crippen LogP contribution in [0.4, 0.5) is 5.95 Å². The van der Waals surface area contributed by atoms with Crippen LogP contribution in [0.3, 0.4) is 0 Å². The first-order chi connectivity index (χ1) is 6.83. The van der Waals surface area contributed by atoms with Crippen LogP contribution in [-0.2, 0) is 7.05 Å². The van der Waals surface area contributed by atoms with Gasteiger partial charge < -0.3 is 10.6 Å². The molecule has 0 aromatic carbocycles.